The maximum atomic E-state index is 14.0. The van der Waals surface area contributed by atoms with Gasteiger partial charge in [-0.1, -0.05) is 19.1 Å². The summed E-state index contributed by atoms with van der Waals surface area (Å²) in [5.74, 6) is 1.65. The smallest absolute Gasteiger partial charge is 0.275 e. The second kappa shape index (κ2) is 8.16. The molecule has 172 valence electrons. The van der Waals surface area contributed by atoms with Crippen LogP contribution in [0.3, 0.4) is 0 Å². The number of rotatable bonds is 5. The Kier molecular flexibility index (Phi) is 4.97. The summed E-state index contributed by atoms with van der Waals surface area (Å²) < 4.78 is 0. The summed E-state index contributed by atoms with van der Waals surface area (Å²) in [6, 6.07) is 11.8. The molecular weight excluding hydrogens is 428 g/mol. The van der Waals surface area contributed by atoms with E-state index in [1.165, 1.54) is 4.80 Å². The SMILES string of the molecule is Cc1ccc(-n2nccn2)c(C(=O)N2C3CC(C3)[C@H](C)[C@@H]2CNc2cnc3ccccc3n2)n1. The van der Waals surface area contributed by atoms with E-state index in [1.54, 1.807) is 18.6 Å². The van der Waals surface area contributed by atoms with Gasteiger partial charge < -0.3 is 10.2 Å². The fraction of sp³-hybridized carbons (Fsp3) is 0.360. The topological polar surface area (TPSA) is 102 Å². The maximum absolute atomic E-state index is 14.0. The normalized spacial score (nSPS) is 23.5. The maximum Gasteiger partial charge on any atom is 0.275 e. The van der Waals surface area contributed by atoms with Crippen LogP contribution in [0.25, 0.3) is 16.7 Å². The van der Waals surface area contributed by atoms with Crippen molar-refractivity contribution in [2.45, 2.75) is 38.8 Å². The molecule has 2 aliphatic heterocycles. The van der Waals surface area contributed by atoms with Crippen LogP contribution in [0.5, 0.6) is 0 Å². The van der Waals surface area contributed by atoms with E-state index in [0.29, 0.717) is 35.6 Å². The van der Waals surface area contributed by atoms with Crippen LogP contribution in [-0.2, 0) is 0 Å². The zero-order valence-corrected chi connectivity index (χ0v) is 19.2. The van der Waals surface area contributed by atoms with Gasteiger partial charge in [-0.05, 0) is 55.9 Å². The Balaban J connectivity index is 1.30. The number of carbonyl (C=O) groups is 1. The number of pyridine rings is 1. The van der Waals surface area contributed by atoms with Crippen molar-refractivity contribution in [2.24, 2.45) is 11.8 Å². The number of carbonyl (C=O) groups excluding carboxylic acids is 1. The molecule has 2 bridgehead atoms. The minimum Gasteiger partial charge on any atom is -0.367 e. The van der Waals surface area contributed by atoms with Gasteiger partial charge in [0.25, 0.3) is 5.91 Å². The van der Waals surface area contributed by atoms with Crippen LogP contribution in [0.15, 0.2) is 55.0 Å². The minimum atomic E-state index is -0.0672. The van der Waals surface area contributed by atoms with Gasteiger partial charge >= 0.3 is 0 Å². The number of nitrogens with one attached hydrogen (secondary N) is 1. The number of hydrogen-bond acceptors (Lipinski definition) is 7. The second-order valence-corrected chi connectivity index (χ2v) is 9.29. The molecule has 1 N–H and O–H groups in total. The molecule has 5 heterocycles. The van der Waals surface area contributed by atoms with Crippen molar-refractivity contribution in [1.82, 2.24) is 34.8 Å². The van der Waals surface area contributed by atoms with Gasteiger partial charge in [0.15, 0.2) is 5.69 Å². The van der Waals surface area contributed by atoms with Gasteiger partial charge in [0.1, 0.15) is 11.5 Å². The number of anilines is 1. The Bertz CT molecular complexity index is 1350. The zero-order chi connectivity index (χ0) is 23.2. The number of amides is 1. The minimum absolute atomic E-state index is 0.0269. The fourth-order valence-electron chi connectivity index (χ4n) is 5.31. The molecule has 2 atom stereocenters. The van der Waals surface area contributed by atoms with Crippen molar-refractivity contribution in [3.8, 4) is 5.69 Å². The van der Waals surface area contributed by atoms with Crippen LogP contribution in [0.4, 0.5) is 5.82 Å². The number of aryl methyl sites for hydroxylation is 1. The van der Waals surface area contributed by atoms with E-state index in [9.17, 15) is 4.79 Å². The Morgan fingerprint density at radius 2 is 1.82 bits per heavy atom. The van der Waals surface area contributed by atoms with Crippen LogP contribution in [0.1, 0.15) is 35.9 Å². The number of hydrogen-bond donors (Lipinski definition) is 1. The number of benzene rings is 1. The highest BCUT2D eigenvalue weighted by Crippen LogP contribution is 2.47. The molecule has 0 radical (unpaired) electrons. The summed E-state index contributed by atoms with van der Waals surface area (Å²) in [6.45, 7) is 4.75. The molecule has 1 saturated carbocycles. The monoisotopic (exact) mass is 454 g/mol. The number of piperidine rings is 2. The Morgan fingerprint density at radius 1 is 1.06 bits per heavy atom. The van der Waals surface area contributed by atoms with Gasteiger partial charge in [0.05, 0.1) is 35.7 Å². The van der Waals surface area contributed by atoms with E-state index in [4.69, 9.17) is 4.98 Å². The van der Waals surface area contributed by atoms with Gasteiger partial charge in [-0.2, -0.15) is 10.2 Å². The number of fused-ring (bicyclic) bond motifs is 3. The molecule has 1 aromatic carbocycles. The molecule has 0 spiro atoms. The Labute approximate surface area is 197 Å². The molecule has 9 nitrogen and oxygen atoms in total. The van der Waals surface area contributed by atoms with Crippen molar-refractivity contribution in [2.75, 3.05) is 11.9 Å². The molecule has 2 saturated heterocycles. The van der Waals surface area contributed by atoms with Crippen LogP contribution >= 0.6 is 0 Å². The Hall–Kier alpha value is -3.88. The van der Waals surface area contributed by atoms with Crippen LogP contribution in [0, 0.1) is 18.8 Å². The molecule has 1 aliphatic carbocycles. The molecule has 3 aliphatic rings. The lowest BCUT2D eigenvalue weighted by Crippen LogP contribution is -2.64. The van der Waals surface area contributed by atoms with E-state index in [-0.39, 0.29) is 18.0 Å². The first-order valence-electron chi connectivity index (χ1n) is 11.7. The lowest BCUT2D eigenvalue weighted by atomic mass is 9.64. The number of nitrogens with zero attached hydrogens (tertiary/aromatic N) is 7. The standard InChI is InChI=1S/C25H26N8O/c1-15-7-8-21(33-28-9-10-29-33)24(30-15)25(34)32-18-11-17(12-18)16(2)22(32)13-27-23-14-26-19-5-3-4-6-20(19)31-23/h3-10,14,16-18,22H,11-13H2,1-2H3,(H,27,31)/t16-,17?,18?,22-/m0/s1. The average Bonchev–Trinajstić information content (AvgIpc) is 3.36. The first-order valence-corrected chi connectivity index (χ1v) is 11.7. The quantitative estimate of drug-likeness (QED) is 0.494. The molecule has 7 rings (SSSR count). The van der Waals surface area contributed by atoms with E-state index in [2.05, 4.69) is 32.4 Å². The van der Waals surface area contributed by atoms with E-state index < -0.39 is 0 Å². The summed E-state index contributed by atoms with van der Waals surface area (Å²) in [5.41, 5.74) is 3.49. The lowest BCUT2D eigenvalue weighted by Gasteiger charge is -2.57. The van der Waals surface area contributed by atoms with Crippen molar-refractivity contribution in [3.05, 3.63) is 66.4 Å². The highest BCUT2D eigenvalue weighted by atomic mass is 16.2. The van der Waals surface area contributed by atoms with Gasteiger partial charge in [-0.25, -0.2) is 9.97 Å². The van der Waals surface area contributed by atoms with E-state index in [1.807, 2.05) is 48.2 Å². The van der Waals surface area contributed by atoms with Crippen molar-refractivity contribution in [1.29, 1.82) is 0 Å². The van der Waals surface area contributed by atoms with Crippen LogP contribution < -0.4 is 5.32 Å². The zero-order valence-electron chi connectivity index (χ0n) is 19.2. The molecule has 0 unspecified atom stereocenters. The van der Waals surface area contributed by atoms with Gasteiger partial charge in [0, 0.05) is 18.3 Å². The fourth-order valence-corrected chi connectivity index (χ4v) is 5.31. The summed E-state index contributed by atoms with van der Waals surface area (Å²) in [4.78, 5) is 31.3. The third-order valence-electron chi connectivity index (χ3n) is 7.28. The van der Waals surface area contributed by atoms with Gasteiger partial charge in [-0.3, -0.25) is 9.78 Å². The molecule has 34 heavy (non-hydrogen) atoms. The van der Waals surface area contributed by atoms with Crippen molar-refractivity contribution < 1.29 is 4.79 Å². The molecule has 9 heteroatoms. The average molecular weight is 455 g/mol. The van der Waals surface area contributed by atoms with Crippen LogP contribution in [-0.4, -0.2) is 59.4 Å². The molecule has 3 aromatic heterocycles. The van der Waals surface area contributed by atoms with Crippen LogP contribution in [0.2, 0.25) is 0 Å². The third-order valence-corrected chi connectivity index (χ3v) is 7.28. The number of aromatic nitrogens is 6. The highest BCUT2D eigenvalue weighted by molar-refractivity contribution is 5.96. The largest absolute Gasteiger partial charge is 0.367 e. The molecule has 3 fully saturated rings. The lowest BCUT2D eigenvalue weighted by molar-refractivity contribution is -0.0505. The first-order chi connectivity index (χ1) is 16.6. The predicted molar refractivity (Wildman–Crippen MR) is 128 cm³/mol. The van der Waals surface area contributed by atoms with E-state index >= 15 is 0 Å². The van der Waals surface area contributed by atoms with Crippen molar-refractivity contribution in [3.63, 3.8) is 0 Å². The highest BCUT2D eigenvalue weighted by Gasteiger charge is 2.51. The molecule has 1 amide bonds. The predicted octanol–water partition coefficient (Wildman–Crippen LogP) is 3.27. The number of para-hydroxylation sites is 2. The third kappa shape index (κ3) is 3.48. The van der Waals surface area contributed by atoms with Crippen molar-refractivity contribution >= 4 is 22.8 Å². The Morgan fingerprint density at radius 3 is 2.62 bits per heavy atom. The summed E-state index contributed by atoms with van der Waals surface area (Å²) in [5, 5.41) is 11.9. The summed E-state index contributed by atoms with van der Waals surface area (Å²) in [7, 11) is 0. The second-order valence-electron chi connectivity index (χ2n) is 9.29. The van der Waals surface area contributed by atoms with E-state index in [0.717, 1.165) is 29.6 Å². The summed E-state index contributed by atoms with van der Waals surface area (Å²) in [6.07, 6.45) is 7.04. The summed E-state index contributed by atoms with van der Waals surface area (Å²) >= 11 is 0. The molecular formula is C25H26N8O. The van der Waals surface area contributed by atoms with Gasteiger partial charge in [-0.15, -0.1) is 4.80 Å². The first kappa shape index (κ1) is 20.7. The molecule has 4 aromatic rings. The van der Waals surface area contributed by atoms with Gasteiger partial charge in [0.2, 0.25) is 0 Å².